The van der Waals surface area contributed by atoms with Gasteiger partial charge in [0, 0.05) is 0 Å². The summed E-state index contributed by atoms with van der Waals surface area (Å²) in [5, 5.41) is 0. The molecule has 2 heterocycles. The summed E-state index contributed by atoms with van der Waals surface area (Å²) in [6, 6.07) is 0. The highest BCUT2D eigenvalue weighted by molar-refractivity contribution is 8.93. The van der Waals surface area contributed by atoms with Crippen LogP contribution in [0.4, 0.5) is 0 Å². The smallest absolute Gasteiger partial charge is 0.180 e. The number of halogens is 1. The molecular weight excluding hydrogens is 292 g/mol. The second kappa shape index (κ2) is 13.0. The van der Waals surface area contributed by atoms with Gasteiger partial charge in [0.15, 0.2) is 12.8 Å². The normalized spacial score (nSPS) is 9.47. The van der Waals surface area contributed by atoms with Crippen LogP contribution in [0, 0.1) is 0 Å². The second-order valence-electron chi connectivity index (χ2n) is 1.57. The molecule has 0 fully saturated rings. The largest absolute Gasteiger partial charge is 0.750 e. The maximum absolute atomic E-state index is 8.56. The zero-order valence-corrected chi connectivity index (χ0v) is 9.78. The molecule has 0 aliphatic carbocycles. The van der Waals surface area contributed by atoms with E-state index in [2.05, 4.69) is 18.8 Å². The van der Waals surface area contributed by atoms with Crippen molar-refractivity contribution in [3.8, 4) is 0 Å². The van der Waals surface area contributed by atoms with Crippen LogP contribution in [0.15, 0.2) is 46.5 Å². The molecule has 0 radical (unpaired) electrons. The summed E-state index contributed by atoms with van der Waals surface area (Å²) >= 11 is -2.86. The van der Waals surface area contributed by atoms with Crippen molar-refractivity contribution in [3.05, 3.63) is 37.7 Å². The molecule has 0 saturated carbocycles. The fourth-order valence-corrected chi connectivity index (χ4v) is 0.351. The minimum absolute atomic E-state index is 0. The van der Waals surface area contributed by atoms with Gasteiger partial charge in [0.25, 0.3) is 0 Å². The Hall–Kier alpha value is -1.03. The molecule has 0 amide bonds. The van der Waals surface area contributed by atoms with Gasteiger partial charge in [-0.1, -0.05) is 0 Å². The van der Waals surface area contributed by atoms with Crippen LogP contribution in [-0.2, 0) is 11.4 Å². The molecule has 0 aromatic carbocycles. The first-order chi connectivity index (χ1) is 6.73. The Morgan fingerprint density at radius 3 is 1.53 bits per heavy atom. The summed E-state index contributed by atoms with van der Waals surface area (Å²) in [5.74, 6) is 0. The van der Waals surface area contributed by atoms with Gasteiger partial charge >= 0.3 is 0 Å². The fraction of sp³-hybridized carbons (Fsp3) is 0. The Morgan fingerprint density at radius 1 is 1.13 bits per heavy atom. The Morgan fingerprint density at radius 2 is 1.47 bits per heavy atom. The molecule has 86 valence electrons. The third-order valence-electron chi connectivity index (χ3n) is 0.694. The first kappa shape index (κ1) is 16.4. The first-order valence-corrected chi connectivity index (χ1v) is 4.19. The summed E-state index contributed by atoms with van der Waals surface area (Å²) in [5.41, 5.74) is 0. The molecule has 0 spiro atoms. The maximum Gasteiger partial charge on any atom is 0.180 e. The van der Waals surface area contributed by atoms with Gasteiger partial charge in [0.2, 0.25) is 0 Å². The van der Waals surface area contributed by atoms with Gasteiger partial charge in [-0.2, -0.15) is 0 Å². The lowest BCUT2D eigenvalue weighted by molar-refractivity contribution is 0.436. The van der Waals surface area contributed by atoms with Crippen molar-refractivity contribution in [1.29, 1.82) is 0 Å². The van der Waals surface area contributed by atoms with Gasteiger partial charge < -0.3 is 17.9 Å². The van der Waals surface area contributed by atoms with E-state index < -0.39 is 11.4 Å². The van der Waals surface area contributed by atoms with Crippen molar-refractivity contribution in [2.75, 3.05) is 0 Å². The van der Waals surface area contributed by atoms with Crippen LogP contribution >= 0.6 is 17.0 Å². The van der Waals surface area contributed by atoms with E-state index in [0.717, 1.165) is 0 Å². The first-order valence-electron chi connectivity index (χ1n) is 3.16. The van der Waals surface area contributed by atoms with Gasteiger partial charge in [-0.3, -0.25) is 0 Å². The van der Waals surface area contributed by atoms with Crippen LogP contribution in [0.25, 0.3) is 0 Å². The lowest BCUT2D eigenvalue weighted by Gasteiger charge is -1.83. The highest BCUT2D eigenvalue weighted by Crippen LogP contribution is 1.72. The van der Waals surface area contributed by atoms with Gasteiger partial charge in [0.05, 0.1) is 23.8 Å². The van der Waals surface area contributed by atoms with Crippen molar-refractivity contribution >= 4 is 28.3 Å². The molecule has 2 rings (SSSR count). The highest BCUT2D eigenvalue weighted by atomic mass is 79.9. The van der Waals surface area contributed by atoms with Crippen LogP contribution in [-0.4, -0.2) is 23.3 Å². The summed E-state index contributed by atoms with van der Waals surface area (Å²) in [6.07, 6.45) is 8.94. The minimum Gasteiger partial charge on any atom is -0.750 e. The monoisotopic (exact) mass is 299 g/mol. The molecule has 0 bridgehead atoms. The van der Waals surface area contributed by atoms with E-state index in [1.165, 1.54) is 25.3 Å². The minimum atomic E-state index is -2.86. The highest BCUT2D eigenvalue weighted by Gasteiger charge is 1.60. The van der Waals surface area contributed by atoms with E-state index in [1.807, 2.05) is 0 Å². The predicted molar refractivity (Wildman–Crippen MR) is 54.9 cm³/mol. The molecule has 0 aliphatic rings. The molecule has 15 heavy (non-hydrogen) atoms. The molecule has 1 N–H and O–H groups in total. The second-order valence-corrected chi connectivity index (χ2v) is 2.00. The third-order valence-corrected chi connectivity index (χ3v) is 0.694. The van der Waals surface area contributed by atoms with Crippen molar-refractivity contribution < 1.29 is 22.1 Å². The molecule has 2 aromatic heterocycles. The van der Waals surface area contributed by atoms with E-state index in [9.17, 15) is 0 Å². The van der Waals surface area contributed by atoms with E-state index in [1.54, 1.807) is 12.4 Å². The summed E-state index contributed by atoms with van der Waals surface area (Å²) < 4.78 is 33.0. The molecule has 1 unspecified atom stereocenters. The number of nitrogens with zero attached hydrogens (tertiary/aromatic N) is 2. The van der Waals surface area contributed by atoms with E-state index in [4.69, 9.17) is 13.3 Å². The van der Waals surface area contributed by atoms with Crippen LogP contribution in [0.3, 0.4) is 0 Å². The SMILES string of the molecule is Br.O=S([O-])O.c1cocn1.c1cocn1. The van der Waals surface area contributed by atoms with E-state index in [0.29, 0.717) is 0 Å². The number of rotatable bonds is 0. The summed E-state index contributed by atoms with van der Waals surface area (Å²) in [4.78, 5) is 7.11. The molecule has 7 nitrogen and oxygen atoms in total. The number of aromatic nitrogens is 2. The standard InChI is InChI=1S/2C3H3NO.BrH.H2O3S/c2*1-2-5-3-4-1;;1-4(2)3/h2*1-3H;1H;(H2,1,2,3)/p-1. The molecular formula is C6H8BrN2O5S-. The quantitative estimate of drug-likeness (QED) is 0.729. The Bertz CT molecular complexity index is 236. The maximum atomic E-state index is 8.56. The Balaban J connectivity index is 0. The zero-order valence-electron chi connectivity index (χ0n) is 7.26. The Labute approximate surface area is 98.4 Å². The zero-order chi connectivity index (χ0) is 10.6. The van der Waals surface area contributed by atoms with Crippen molar-refractivity contribution in [3.63, 3.8) is 0 Å². The van der Waals surface area contributed by atoms with E-state index >= 15 is 0 Å². The molecule has 0 aliphatic heterocycles. The van der Waals surface area contributed by atoms with Crippen LogP contribution in [0.5, 0.6) is 0 Å². The van der Waals surface area contributed by atoms with Gasteiger partial charge in [-0.05, 0) is 0 Å². The molecule has 0 saturated heterocycles. The lowest BCUT2D eigenvalue weighted by atomic mass is 11.0. The van der Waals surface area contributed by atoms with Crippen molar-refractivity contribution in [2.24, 2.45) is 0 Å². The fourth-order valence-electron chi connectivity index (χ4n) is 0.351. The lowest BCUT2D eigenvalue weighted by Crippen LogP contribution is -1.75. The van der Waals surface area contributed by atoms with Gasteiger partial charge in [-0.15, -0.1) is 17.0 Å². The van der Waals surface area contributed by atoms with Crippen molar-refractivity contribution in [1.82, 2.24) is 9.97 Å². The molecule has 1 atom stereocenters. The average Bonchev–Trinajstić information content (AvgIpc) is 2.83. The number of hydrogen-bond acceptors (Lipinski definition) is 6. The van der Waals surface area contributed by atoms with Crippen LogP contribution < -0.4 is 0 Å². The third kappa shape index (κ3) is 19.4. The Kier molecular flexibility index (Phi) is 14.2. The molecule has 9 heteroatoms. The van der Waals surface area contributed by atoms with Gasteiger partial charge in [-0.25, -0.2) is 14.2 Å². The summed E-state index contributed by atoms with van der Waals surface area (Å²) in [6.45, 7) is 0. The van der Waals surface area contributed by atoms with E-state index in [-0.39, 0.29) is 17.0 Å². The van der Waals surface area contributed by atoms with Crippen LogP contribution in [0.2, 0.25) is 0 Å². The number of oxazole rings is 2. The predicted octanol–water partition coefficient (Wildman–Crippen LogP) is 1.27. The van der Waals surface area contributed by atoms with Crippen LogP contribution in [0.1, 0.15) is 0 Å². The molecule has 2 aromatic rings. The topological polar surface area (TPSA) is 112 Å². The van der Waals surface area contributed by atoms with Gasteiger partial charge in [0.1, 0.15) is 12.5 Å². The average molecular weight is 300 g/mol. The van der Waals surface area contributed by atoms with Crippen molar-refractivity contribution in [2.45, 2.75) is 0 Å². The number of hydrogen-bond donors (Lipinski definition) is 1. The summed E-state index contributed by atoms with van der Waals surface area (Å²) in [7, 11) is 0.